The van der Waals surface area contributed by atoms with Gasteiger partial charge in [0.15, 0.2) is 18.1 Å². The van der Waals surface area contributed by atoms with E-state index >= 15 is 0 Å². The van der Waals surface area contributed by atoms with Crippen molar-refractivity contribution in [2.75, 3.05) is 18.7 Å². The Balaban J connectivity index is 1.28. The molecule has 3 aromatic rings. The number of esters is 1. The van der Waals surface area contributed by atoms with Crippen molar-refractivity contribution in [2.45, 2.75) is 0 Å². The summed E-state index contributed by atoms with van der Waals surface area (Å²) in [5.74, 6) is -0.363. The molecule has 0 saturated heterocycles. The number of fused-ring (bicyclic) bond motifs is 1. The van der Waals surface area contributed by atoms with Crippen molar-refractivity contribution in [1.29, 1.82) is 0 Å². The zero-order valence-corrected chi connectivity index (χ0v) is 15.7. The maximum atomic E-state index is 12.2. The first kappa shape index (κ1) is 19.1. The van der Waals surface area contributed by atoms with E-state index in [9.17, 15) is 14.4 Å². The van der Waals surface area contributed by atoms with Gasteiger partial charge in [-0.25, -0.2) is 9.59 Å². The van der Waals surface area contributed by atoms with Crippen LogP contribution in [0.15, 0.2) is 67.0 Å². The van der Waals surface area contributed by atoms with Crippen molar-refractivity contribution in [1.82, 2.24) is 9.88 Å². The van der Waals surface area contributed by atoms with Gasteiger partial charge in [0.25, 0.3) is 5.91 Å². The smallest absolute Gasteiger partial charge is 0.338 e. The van der Waals surface area contributed by atoms with Crippen LogP contribution in [-0.4, -0.2) is 35.9 Å². The standard InChI is InChI=1S/C21H17N3O6/c25-19(23-21(27)22-15-6-7-17-18(11-15)30-13-29-17)12-28-20(26)14-4-3-5-16(10-14)24-8-1-2-9-24/h1-11H,12-13H2,(H2,22,23,25,27). The summed E-state index contributed by atoms with van der Waals surface area (Å²) in [6.07, 6.45) is 3.69. The molecule has 0 spiro atoms. The van der Waals surface area contributed by atoms with E-state index in [1.165, 1.54) is 0 Å². The highest BCUT2D eigenvalue weighted by Crippen LogP contribution is 2.34. The average Bonchev–Trinajstić information content (AvgIpc) is 3.43. The summed E-state index contributed by atoms with van der Waals surface area (Å²) in [5, 5.41) is 4.59. The summed E-state index contributed by atoms with van der Waals surface area (Å²) in [7, 11) is 0. The Kier molecular flexibility index (Phi) is 5.33. The molecule has 1 aromatic heterocycles. The van der Waals surface area contributed by atoms with Crippen molar-refractivity contribution in [2.24, 2.45) is 0 Å². The van der Waals surface area contributed by atoms with E-state index in [-0.39, 0.29) is 6.79 Å². The third kappa shape index (κ3) is 4.41. The van der Waals surface area contributed by atoms with Crippen molar-refractivity contribution < 1.29 is 28.6 Å². The highest BCUT2D eigenvalue weighted by atomic mass is 16.7. The SMILES string of the molecule is O=C(COC(=O)c1cccc(-n2cccc2)c1)NC(=O)Nc1ccc2c(c1)OCO2. The molecule has 9 heteroatoms. The summed E-state index contributed by atoms with van der Waals surface area (Å²) in [6, 6.07) is 14.6. The van der Waals surface area contributed by atoms with Crippen LogP contribution in [0.4, 0.5) is 10.5 Å². The second kappa shape index (κ2) is 8.39. The molecule has 0 unspecified atom stereocenters. The fourth-order valence-electron chi connectivity index (χ4n) is 2.81. The molecule has 30 heavy (non-hydrogen) atoms. The lowest BCUT2D eigenvalue weighted by molar-refractivity contribution is -0.123. The molecule has 2 aromatic carbocycles. The molecule has 3 amide bonds. The molecule has 0 saturated carbocycles. The Morgan fingerprint density at radius 3 is 2.60 bits per heavy atom. The van der Waals surface area contributed by atoms with Gasteiger partial charge in [-0.05, 0) is 42.5 Å². The van der Waals surface area contributed by atoms with Crippen molar-refractivity contribution in [3.05, 3.63) is 72.6 Å². The third-order valence-electron chi connectivity index (χ3n) is 4.20. The van der Waals surface area contributed by atoms with Gasteiger partial charge in [-0.15, -0.1) is 0 Å². The number of imide groups is 1. The van der Waals surface area contributed by atoms with Gasteiger partial charge >= 0.3 is 12.0 Å². The summed E-state index contributed by atoms with van der Waals surface area (Å²) < 4.78 is 17.2. The van der Waals surface area contributed by atoms with Crippen LogP contribution in [0.25, 0.3) is 5.69 Å². The largest absolute Gasteiger partial charge is 0.454 e. The summed E-state index contributed by atoms with van der Waals surface area (Å²) in [4.78, 5) is 36.1. The lowest BCUT2D eigenvalue weighted by Crippen LogP contribution is -2.37. The molecular formula is C21H17N3O6. The third-order valence-corrected chi connectivity index (χ3v) is 4.20. The maximum absolute atomic E-state index is 12.2. The molecule has 9 nitrogen and oxygen atoms in total. The molecule has 0 fully saturated rings. The number of aromatic nitrogens is 1. The fourth-order valence-corrected chi connectivity index (χ4v) is 2.81. The molecule has 2 heterocycles. The highest BCUT2D eigenvalue weighted by Gasteiger charge is 2.16. The second-order valence-corrected chi connectivity index (χ2v) is 6.29. The maximum Gasteiger partial charge on any atom is 0.338 e. The van der Waals surface area contributed by atoms with Gasteiger partial charge in [0.1, 0.15) is 0 Å². The van der Waals surface area contributed by atoms with Crippen molar-refractivity contribution >= 4 is 23.6 Å². The van der Waals surface area contributed by atoms with E-state index in [0.717, 1.165) is 5.69 Å². The van der Waals surface area contributed by atoms with Gasteiger partial charge in [0, 0.05) is 29.8 Å². The summed E-state index contributed by atoms with van der Waals surface area (Å²) in [6.45, 7) is -0.482. The molecule has 1 aliphatic rings. The van der Waals surface area contributed by atoms with Crippen LogP contribution in [0.1, 0.15) is 10.4 Å². The van der Waals surface area contributed by atoms with Crippen LogP contribution in [0, 0.1) is 0 Å². The van der Waals surface area contributed by atoms with E-state index in [1.54, 1.807) is 36.4 Å². The Morgan fingerprint density at radius 2 is 1.77 bits per heavy atom. The number of amides is 3. The Bertz CT molecular complexity index is 1090. The Hall–Kier alpha value is -4.27. The molecule has 0 radical (unpaired) electrons. The summed E-state index contributed by atoms with van der Waals surface area (Å²) in [5.41, 5.74) is 1.49. The lowest BCUT2D eigenvalue weighted by Gasteiger charge is -2.09. The minimum Gasteiger partial charge on any atom is -0.454 e. The number of rotatable bonds is 5. The molecule has 0 atom stereocenters. The van der Waals surface area contributed by atoms with E-state index in [4.69, 9.17) is 14.2 Å². The molecule has 4 rings (SSSR count). The van der Waals surface area contributed by atoms with Crippen LogP contribution in [-0.2, 0) is 9.53 Å². The minimum atomic E-state index is -0.761. The number of anilines is 1. The molecule has 0 aliphatic carbocycles. The van der Waals surface area contributed by atoms with E-state index in [0.29, 0.717) is 22.7 Å². The van der Waals surface area contributed by atoms with Crippen LogP contribution < -0.4 is 20.1 Å². The number of nitrogens with zero attached hydrogens (tertiary/aromatic N) is 1. The van der Waals surface area contributed by atoms with Gasteiger partial charge in [-0.2, -0.15) is 0 Å². The normalized spacial score (nSPS) is 11.6. The predicted octanol–water partition coefficient (Wildman–Crippen LogP) is 2.71. The van der Waals surface area contributed by atoms with Gasteiger partial charge in [0.05, 0.1) is 5.56 Å². The average molecular weight is 407 g/mol. The second-order valence-electron chi connectivity index (χ2n) is 6.29. The van der Waals surface area contributed by atoms with Gasteiger partial charge < -0.3 is 24.1 Å². The Morgan fingerprint density at radius 1 is 0.967 bits per heavy atom. The van der Waals surface area contributed by atoms with Crippen LogP contribution in [0.3, 0.4) is 0 Å². The number of ether oxygens (including phenoxy) is 3. The first-order valence-electron chi connectivity index (χ1n) is 8.99. The molecular weight excluding hydrogens is 390 g/mol. The molecule has 152 valence electrons. The number of benzene rings is 2. The van der Waals surface area contributed by atoms with E-state index < -0.39 is 24.5 Å². The number of carbonyl (C=O) groups is 3. The molecule has 1 aliphatic heterocycles. The monoisotopic (exact) mass is 407 g/mol. The van der Waals surface area contributed by atoms with Crippen LogP contribution >= 0.6 is 0 Å². The quantitative estimate of drug-likeness (QED) is 0.630. The van der Waals surface area contributed by atoms with Crippen molar-refractivity contribution in [3.63, 3.8) is 0 Å². The van der Waals surface area contributed by atoms with Crippen LogP contribution in [0.2, 0.25) is 0 Å². The first-order chi connectivity index (χ1) is 14.6. The zero-order chi connectivity index (χ0) is 20.9. The van der Waals surface area contributed by atoms with E-state index in [1.807, 2.05) is 35.2 Å². The number of hydrogen-bond donors (Lipinski definition) is 2. The fraction of sp³-hybridized carbons (Fsp3) is 0.0952. The topological polar surface area (TPSA) is 108 Å². The Labute approximate surface area is 171 Å². The number of nitrogens with one attached hydrogen (secondary N) is 2. The predicted molar refractivity (Wildman–Crippen MR) is 106 cm³/mol. The van der Waals surface area contributed by atoms with E-state index in [2.05, 4.69) is 10.6 Å². The lowest BCUT2D eigenvalue weighted by atomic mass is 10.2. The number of carbonyl (C=O) groups excluding carboxylic acids is 3. The first-order valence-corrected chi connectivity index (χ1v) is 8.99. The highest BCUT2D eigenvalue weighted by molar-refractivity contribution is 6.02. The van der Waals surface area contributed by atoms with Gasteiger partial charge in [0.2, 0.25) is 6.79 Å². The molecule has 2 N–H and O–H groups in total. The number of hydrogen-bond acceptors (Lipinski definition) is 6. The minimum absolute atomic E-state index is 0.114. The zero-order valence-electron chi connectivity index (χ0n) is 15.7. The number of urea groups is 1. The van der Waals surface area contributed by atoms with Crippen molar-refractivity contribution in [3.8, 4) is 17.2 Å². The van der Waals surface area contributed by atoms with Crippen LogP contribution in [0.5, 0.6) is 11.5 Å². The molecule has 0 bridgehead atoms. The van der Waals surface area contributed by atoms with Gasteiger partial charge in [-0.1, -0.05) is 6.07 Å². The summed E-state index contributed by atoms with van der Waals surface area (Å²) >= 11 is 0. The van der Waals surface area contributed by atoms with Gasteiger partial charge in [-0.3, -0.25) is 10.1 Å².